The molecular weight excluding hydrogens is 200 g/mol. The van der Waals surface area contributed by atoms with Crippen LogP contribution in [0.1, 0.15) is 0 Å². The standard InChI is InChI=1S/C9H7ClN4/c10-7-5-8(11)14-9(13-7)6-1-3-12-4-2-6/h1-5H,(H2,11,13,14). The predicted octanol–water partition coefficient (Wildman–Crippen LogP) is 1.77. The van der Waals surface area contributed by atoms with E-state index in [0.717, 1.165) is 5.56 Å². The van der Waals surface area contributed by atoms with E-state index >= 15 is 0 Å². The largest absolute Gasteiger partial charge is 0.384 e. The van der Waals surface area contributed by atoms with Gasteiger partial charge in [-0.2, -0.15) is 0 Å². The van der Waals surface area contributed by atoms with Gasteiger partial charge in [-0.15, -0.1) is 0 Å². The lowest BCUT2D eigenvalue weighted by Crippen LogP contribution is -1.95. The molecule has 2 heterocycles. The van der Waals surface area contributed by atoms with Gasteiger partial charge in [0.1, 0.15) is 11.0 Å². The molecule has 0 aliphatic heterocycles. The zero-order valence-corrected chi connectivity index (χ0v) is 7.94. The number of aromatic nitrogens is 3. The number of pyridine rings is 1. The van der Waals surface area contributed by atoms with Crippen molar-refractivity contribution in [2.24, 2.45) is 0 Å². The van der Waals surface area contributed by atoms with E-state index in [0.29, 0.717) is 16.8 Å². The highest BCUT2D eigenvalue weighted by Gasteiger charge is 2.02. The van der Waals surface area contributed by atoms with Gasteiger partial charge >= 0.3 is 0 Å². The van der Waals surface area contributed by atoms with Gasteiger partial charge in [-0.25, -0.2) is 9.97 Å². The van der Waals surface area contributed by atoms with Gasteiger partial charge in [0, 0.05) is 24.0 Å². The van der Waals surface area contributed by atoms with Gasteiger partial charge in [0.05, 0.1) is 0 Å². The van der Waals surface area contributed by atoms with Gasteiger partial charge < -0.3 is 5.73 Å². The third-order valence-corrected chi connectivity index (χ3v) is 1.85. The van der Waals surface area contributed by atoms with Crippen LogP contribution < -0.4 is 5.73 Å². The Hall–Kier alpha value is -1.68. The molecule has 2 aromatic heterocycles. The van der Waals surface area contributed by atoms with E-state index in [4.69, 9.17) is 17.3 Å². The predicted molar refractivity (Wildman–Crippen MR) is 54.7 cm³/mol. The van der Waals surface area contributed by atoms with E-state index in [9.17, 15) is 0 Å². The van der Waals surface area contributed by atoms with Gasteiger partial charge in [0.2, 0.25) is 0 Å². The average molecular weight is 207 g/mol. The highest BCUT2D eigenvalue weighted by atomic mass is 35.5. The van der Waals surface area contributed by atoms with Crippen LogP contribution in [-0.2, 0) is 0 Å². The first-order chi connectivity index (χ1) is 6.75. The van der Waals surface area contributed by atoms with Crippen LogP contribution in [0.5, 0.6) is 0 Å². The molecule has 0 fully saturated rings. The number of hydrogen-bond donors (Lipinski definition) is 1. The maximum absolute atomic E-state index is 5.75. The van der Waals surface area contributed by atoms with E-state index in [2.05, 4.69) is 15.0 Å². The van der Waals surface area contributed by atoms with Crippen LogP contribution in [0.15, 0.2) is 30.6 Å². The Bertz CT molecular complexity index is 424. The number of nitrogens with zero attached hydrogens (tertiary/aromatic N) is 3. The molecule has 0 spiro atoms. The minimum atomic E-state index is 0.337. The van der Waals surface area contributed by atoms with Gasteiger partial charge in [-0.05, 0) is 12.1 Å². The molecule has 4 nitrogen and oxygen atoms in total. The quantitative estimate of drug-likeness (QED) is 0.723. The normalized spacial score (nSPS) is 10.1. The summed E-state index contributed by atoms with van der Waals surface area (Å²) in [5.74, 6) is 0.870. The Balaban J connectivity index is 2.52. The lowest BCUT2D eigenvalue weighted by Gasteiger charge is -2.00. The highest BCUT2D eigenvalue weighted by molar-refractivity contribution is 6.29. The third kappa shape index (κ3) is 1.80. The minimum absolute atomic E-state index is 0.337. The smallest absolute Gasteiger partial charge is 0.163 e. The second kappa shape index (κ2) is 3.59. The van der Waals surface area contributed by atoms with Crippen LogP contribution in [-0.4, -0.2) is 15.0 Å². The Morgan fingerprint density at radius 3 is 2.50 bits per heavy atom. The van der Waals surface area contributed by atoms with Crippen molar-refractivity contribution in [2.75, 3.05) is 5.73 Å². The van der Waals surface area contributed by atoms with Crippen LogP contribution in [0.25, 0.3) is 11.4 Å². The molecule has 0 bridgehead atoms. The molecule has 2 N–H and O–H groups in total. The molecule has 0 amide bonds. The lowest BCUT2D eigenvalue weighted by molar-refractivity contribution is 1.18. The maximum atomic E-state index is 5.75. The van der Waals surface area contributed by atoms with Gasteiger partial charge in [-0.3, -0.25) is 4.98 Å². The molecule has 2 aromatic rings. The van der Waals surface area contributed by atoms with Crippen molar-refractivity contribution in [3.8, 4) is 11.4 Å². The van der Waals surface area contributed by atoms with Crippen molar-refractivity contribution in [1.82, 2.24) is 15.0 Å². The summed E-state index contributed by atoms with van der Waals surface area (Å²) in [7, 11) is 0. The van der Waals surface area contributed by atoms with E-state index < -0.39 is 0 Å². The minimum Gasteiger partial charge on any atom is -0.384 e. The zero-order chi connectivity index (χ0) is 9.97. The number of nitrogens with two attached hydrogens (primary N) is 1. The first-order valence-corrected chi connectivity index (χ1v) is 4.34. The van der Waals surface area contributed by atoms with E-state index in [1.54, 1.807) is 24.5 Å². The summed E-state index contributed by atoms with van der Waals surface area (Å²) in [4.78, 5) is 12.0. The van der Waals surface area contributed by atoms with Crippen molar-refractivity contribution in [3.63, 3.8) is 0 Å². The second-order valence-electron chi connectivity index (χ2n) is 2.68. The number of nitrogen functional groups attached to an aromatic ring is 1. The molecule has 0 aliphatic rings. The third-order valence-electron chi connectivity index (χ3n) is 1.65. The molecule has 0 radical (unpaired) electrons. The lowest BCUT2D eigenvalue weighted by atomic mass is 10.2. The fourth-order valence-corrected chi connectivity index (χ4v) is 1.26. The maximum Gasteiger partial charge on any atom is 0.163 e. The topological polar surface area (TPSA) is 64.7 Å². The molecule has 0 unspecified atom stereocenters. The van der Waals surface area contributed by atoms with E-state index in [1.165, 1.54) is 6.07 Å². The van der Waals surface area contributed by atoms with Crippen LogP contribution in [0, 0.1) is 0 Å². The van der Waals surface area contributed by atoms with Crippen LogP contribution >= 0.6 is 11.6 Å². The Kier molecular flexibility index (Phi) is 2.28. The Morgan fingerprint density at radius 1 is 1.14 bits per heavy atom. The molecule has 5 heteroatoms. The van der Waals surface area contributed by atoms with Crippen molar-refractivity contribution in [1.29, 1.82) is 0 Å². The second-order valence-corrected chi connectivity index (χ2v) is 3.06. The molecule has 2 rings (SSSR count). The summed E-state index contributed by atoms with van der Waals surface area (Å²) in [6, 6.07) is 5.10. The SMILES string of the molecule is Nc1cc(Cl)nc(-c2ccncc2)n1. The number of halogens is 1. The summed E-state index contributed by atoms with van der Waals surface area (Å²) >= 11 is 5.75. The fraction of sp³-hybridized carbons (Fsp3) is 0. The van der Waals surface area contributed by atoms with Gasteiger partial charge in [0.15, 0.2) is 5.82 Å². The molecule has 0 atom stereocenters. The molecule has 70 valence electrons. The van der Waals surface area contributed by atoms with Crippen LogP contribution in [0.4, 0.5) is 5.82 Å². The van der Waals surface area contributed by atoms with Crippen molar-refractivity contribution < 1.29 is 0 Å². The molecular formula is C9H7ClN4. The molecule has 0 aromatic carbocycles. The molecule has 14 heavy (non-hydrogen) atoms. The van der Waals surface area contributed by atoms with Crippen molar-refractivity contribution in [2.45, 2.75) is 0 Å². The van der Waals surface area contributed by atoms with Crippen molar-refractivity contribution >= 4 is 17.4 Å². The summed E-state index contributed by atoms with van der Waals surface area (Å²) in [6.07, 6.45) is 3.32. The summed E-state index contributed by atoms with van der Waals surface area (Å²) in [5, 5.41) is 0.337. The zero-order valence-electron chi connectivity index (χ0n) is 7.18. The molecule has 0 aliphatic carbocycles. The number of hydrogen-bond acceptors (Lipinski definition) is 4. The fourth-order valence-electron chi connectivity index (χ4n) is 1.07. The first kappa shape index (κ1) is 8.90. The number of rotatable bonds is 1. The van der Waals surface area contributed by atoms with Crippen LogP contribution in [0.2, 0.25) is 5.15 Å². The van der Waals surface area contributed by atoms with Gasteiger partial charge in [-0.1, -0.05) is 11.6 Å². The van der Waals surface area contributed by atoms with Gasteiger partial charge in [0.25, 0.3) is 0 Å². The summed E-state index contributed by atoms with van der Waals surface area (Å²) in [6.45, 7) is 0. The Labute approximate surface area is 85.8 Å². The first-order valence-electron chi connectivity index (χ1n) is 3.96. The molecule has 0 saturated carbocycles. The van der Waals surface area contributed by atoms with E-state index in [1.807, 2.05) is 0 Å². The molecule has 0 saturated heterocycles. The monoisotopic (exact) mass is 206 g/mol. The van der Waals surface area contributed by atoms with E-state index in [-0.39, 0.29) is 0 Å². The van der Waals surface area contributed by atoms with Crippen LogP contribution in [0.3, 0.4) is 0 Å². The summed E-state index contributed by atoms with van der Waals surface area (Å²) < 4.78 is 0. The average Bonchev–Trinajstić information content (AvgIpc) is 2.18. The Morgan fingerprint density at radius 2 is 1.86 bits per heavy atom. The highest BCUT2D eigenvalue weighted by Crippen LogP contribution is 2.17. The number of anilines is 1. The summed E-state index contributed by atoms with van der Waals surface area (Å²) in [5.41, 5.74) is 6.39. The van der Waals surface area contributed by atoms with Crippen molar-refractivity contribution in [3.05, 3.63) is 35.7 Å².